The second kappa shape index (κ2) is 9.57. The first-order valence-corrected chi connectivity index (χ1v) is 5.82. The maximum absolute atomic E-state index is 11.4. The molecule has 0 rings (SSSR count). The first-order chi connectivity index (χ1) is 7.61. The summed E-state index contributed by atoms with van der Waals surface area (Å²) in [5, 5.41) is 2.83. The number of amides is 1. The number of hydrogen-bond acceptors (Lipinski definition) is 4. The van der Waals surface area contributed by atoms with Crippen LogP contribution in [0.2, 0.25) is 0 Å². The van der Waals surface area contributed by atoms with E-state index in [2.05, 4.69) is 10.2 Å². The van der Waals surface area contributed by atoms with Crippen molar-refractivity contribution in [1.29, 1.82) is 0 Å². The van der Waals surface area contributed by atoms with Crippen LogP contribution in [0.1, 0.15) is 19.8 Å². The lowest BCUT2D eigenvalue weighted by Gasteiger charge is -2.17. The number of rotatable bonds is 9. The smallest absolute Gasteiger partial charge is 0.236 e. The van der Waals surface area contributed by atoms with Crippen molar-refractivity contribution in [1.82, 2.24) is 10.2 Å². The molecule has 0 fully saturated rings. The minimum atomic E-state index is -0.366. The Morgan fingerprint density at radius 1 is 1.50 bits per heavy atom. The molecule has 0 spiro atoms. The molecule has 0 aliphatic rings. The molecule has 0 aliphatic carbocycles. The van der Waals surface area contributed by atoms with Gasteiger partial charge in [-0.2, -0.15) is 0 Å². The number of ether oxygens (including phenoxy) is 1. The third-order valence-corrected chi connectivity index (χ3v) is 2.41. The summed E-state index contributed by atoms with van der Waals surface area (Å²) in [6.07, 6.45) is 1.67. The molecule has 1 atom stereocenters. The van der Waals surface area contributed by atoms with E-state index in [1.165, 1.54) is 0 Å². The molecule has 16 heavy (non-hydrogen) atoms. The predicted octanol–water partition coefficient (Wildman–Crippen LogP) is -0.192. The molecule has 0 unspecified atom stereocenters. The van der Waals surface area contributed by atoms with Gasteiger partial charge in [-0.1, -0.05) is 13.3 Å². The maximum Gasteiger partial charge on any atom is 0.236 e. The number of nitrogens with zero attached hydrogens (tertiary/aromatic N) is 1. The van der Waals surface area contributed by atoms with Crippen LogP contribution in [-0.2, 0) is 9.53 Å². The first-order valence-electron chi connectivity index (χ1n) is 5.82. The molecule has 0 radical (unpaired) electrons. The van der Waals surface area contributed by atoms with E-state index in [9.17, 15) is 4.79 Å². The summed E-state index contributed by atoms with van der Waals surface area (Å²) in [5.41, 5.74) is 5.68. The van der Waals surface area contributed by atoms with Gasteiger partial charge in [0.25, 0.3) is 0 Å². The highest BCUT2D eigenvalue weighted by Gasteiger charge is 2.11. The van der Waals surface area contributed by atoms with Crippen LogP contribution in [0.4, 0.5) is 0 Å². The SMILES string of the molecule is CCC[C@@H](N)C(=O)NCCN(C)CCOC. The van der Waals surface area contributed by atoms with E-state index < -0.39 is 0 Å². The molecule has 5 heteroatoms. The number of carbonyl (C=O) groups excluding carboxylic acids is 1. The Morgan fingerprint density at radius 2 is 2.19 bits per heavy atom. The average molecular weight is 231 g/mol. The second-order valence-electron chi connectivity index (χ2n) is 3.98. The summed E-state index contributed by atoms with van der Waals surface area (Å²) in [4.78, 5) is 13.6. The topological polar surface area (TPSA) is 67.6 Å². The Hall–Kier alpha value is -0.650. The molecule has 0 aliphatic heterocycles. The summed E-state index contributed by atoms with van der Waals surface area (Å²) < 4.78 is 4.96. The number of nitrogens with one attached hydrogen (secondary N) is 1. The highest BCUT2D eigenvalue weighted by Crippen LogP contribution is 1.92. The zero-order valence-corrected chi connectivity index (χ0v) is 10.7. The Bertz CT molecular complexity index is 188. The van der Waals surface area contributed by atoms with Gasteiger partial charge in [0.1, 0.15) is 0 Å². The van der Waals surface area contributed by atoms with Gasteiger partial charge >= 0.3 is 0 Å². The number of likely N-dealkylation sites (N-methyl/N-ethyl adjacent to an activating group) is 1. The molecule has 96 valence electrons. The van der Waals surface area contributed by atoms with Crippen LogP contribution in [0, 0.1) is 0 Å². The first kappa shape index (κ1) is 15.3. The molecular weight excluding hydrogens is 206 g/mol. The lowest BCUT2D eigenvalue weighted by molar-refractivity contribution is -0.122. The summed E-state index contributed by atoms with van der Waals surface area (Å²) >= 11 is 0. The fourth-order valence-electron chi connectivity index (χ4n) is 1.30. The van der Waals surface area contributed by atoms with Crippen LogP contribution < -0.4 is 11.1 Å². The molecule has 0 aromatic heterocycles. The van der Waals surface area contributed by atoms with E-state index in [1.54, 1.807) is 7.11 Å². The van der Waals surface area contributed by atoms with E-state index in [0.29, 0.717) is 13.2 Å². The third kappa shape index (κ3) is 7.62. The summed E-state index contributed by atoms with van der Waals surface area (Å²) in [6.45, 7) is 5.04. The van der Waals surface area contributed by atoms with Crippen molar-refractivity contribution in [2.75, 3.05) is 40.4 Å². The normalized spacial score (nSPS) is 12.8. The van der Waals surface area contributed by atoms with Crippen molar-refractivity contribution in [2.24, 2.45) is 5.73 Å². The van der Waals surface area contributed by atoms with Crippen molar-refractivity contribution < 1.29 is 9.53 Å². The third-order valence-electron chi connectivity index (χ3n) is 2.41. The van der Waals surface area contributed by atoms with Crippen LogP contribution in [-0.4, -0.2) is 57.2 Å². The molecular formula is C11H25N3O2. The van der Waals surface area contributed by atoms with E-state index >= 15 is 0 Å². The lowest BCUT2D eigenvalue weighted by atomic mass is 10.2. The van der Waals surface area contributed by atoms with Gasteiger partial charge in [0, 0.05) is 26.7 Å². The van der Waals surface area contributed by atoms with Crippen molar-refractivity contribution in [2.45, 2.75) is 25.8 Å². The van der Waals surface area contributed by atoms with Crippen LogP contribution in [0.15, 0.2) is 0 Å². The summed E-state index contributed by atoms with van der Waals surface area (Å²) in [5.74, 6) is -0.0537. The molecule has 0 saturated heterocycles. The highest BCUT2D eigenvalue weighted by atomic mass is 16.5. The van der Waals surface area contributed by atoms with Crippen LogP contribution in [0.25, 0.3) is 0 Å². The average Bonchev–Trinajstić information content (AvgIpc) is 2.26. The maximum atomic E-state index is 11.4. The molecule has 0 aromatic rings. The van der Waals surface area contributed by atoms with Crippen molar-refractivity contribution in [3.63, 3.8) is 0 Å². The minimum Gasteiger partial charge on any atom is -0.383 e. The molecule has 0 heterocycles. The van der Waals surface area contributed by atoms with Gasteiger partial charge < -0.3 is 20.7 Å². The number of carbonyl (C=O) groups is 1. The lowest BCUT2D eigenvalue weighted by Crippen LogP contribution is -2.43. The Balaban J connectivity index is 3.53. The van der Waals surface area contributed by atoms with E-state index in [0.717, 1.165) is 25.9 Å². The second-order valence-corrected chi connectivity index (χ2v) is 3.98. The molecule has 5 nitrogen and oxygen atoms in total. The largest absolute Gasteiger partial charge is 0.383 e. The predicted molar refractivity (Wildman–Crippen MR) is 65.3 cm³/mol. The molecule has 3 N–H and O–H groups in total. The monoisotopic (exact) mass is 231 g/mol. The van der Waals surface area contributed by atoms with Crippen LogP contribution in [0.3, 0.4) is 0 Å². The number of hydrogen-bond donors (Lipinski definition) is 2. The van der Waals surface area contributed by atoms with E-state index in [1.807, 2.05) is 14.0 Å². The minimum absolute atomic E-state index is 0.0537. The van der Waals surface area contributed by atoms with Gasteiger partial charge in [-0.3, -0.25) is 4.79 Å². The Labute approximate surface area is 98.3 Å². The summed E-state index contributed by atoms with van der Waals surface area (Å²) in [6, 6.07) is -0.366. The molecule has 0 saturated carbocycles. The van der Waals surface area contributed by atoms with Gasteiger partial charge in [-0.25, -0.2) is 0 Å². The molecule has 0 bridgehead atoms. The van der Waals surface area contributed by atoms with Crippen molar-refractivity contribution in [3.05, 3.63) is 0 Å². The quantitative estimate of drug-likeness (QED) is 0.577. The zero-order chi connectivity index (χ0) is 12.4. The van der Waals surface area contributed by atoms with Gasteiger partial charge in [0.15, 0.2) is 0 Å². The molecule has 0 aromatic carbocycles. The van der Waals surface area contributed by atoms with Gasteiger partial charge in [0.2, 0.25) is 5.91 Å². The number of methoxy groups -OCH3 is 1. The van der Waals surface area contributed by atoms with Gasteiger partial charge in [-0.05, 0) is 13.5 Å². The molecule has 1 amide bonds. The Morgan fingerprint density at radius 3 is 2.75 bits per heavy atom. The van der Waals surface area contributed by atoms with Crippen molar-refractivity contribution >= 4 is 5.91 Å². The van der Waals surface area contributed by atoms with Crippen LogP contribution in [0.5, 0.6) is 0 Å². The zero-order valence-electron chi connectivity index (χ0n) is 10.7. The fraction of sp³-hybridized carbons (Fsp3) is 0.909. The van der Waals surface area contributed by atoms with Crippen molar-refractivity contribution in [3.8, 4) is 0 Å². The van der Waals surface area contributed by atoms with Gasteiger partial charge in [-0.15, -0.1) is 0 Å². The fourth-order valence-corrected chi connectivity index (χ4v) is 1.30. The van der Waals surface area contributed by atoms with Crippen LogP contribution >= 0.6 is 0 Å². The van der Waals surface area contributed by atoms with E-state index in [4.69, 9.17) is 10.5 Å². The standard InChI is InChI=1S/C11H25N3O2/c1-4-5-10(12)11(15)13-6-7-14(2)8-9-16-3/h10H,4-9,12H2,1-3H3,(H,13,15)/t10-/m1/s1. The summed E-state index contributed by atoms with van der Waals surface area (Å²) in [7, 11) is 3.68. The van der Waals surface area contributed by atoms with E-state index in [-0.39, 0.29) is 11.9 Å². The Kier molecular flexibility index (Phi) is 9.18. The highest BCUT2D eigenvalue weighted by molar-refractivity contribution is 5.81. The number of nitrogens with two attached hydrogens (primary N) is 1. The van der Waals surface area contributed by atoms with Gasteiger partial charge in [0.05, 0.1) is 12.6 Å².